The van der Waals surface area contributed by atoms with E-state index in [1.54, 1.807) is 48.7 Å². The molecule has 4 N–H and O–H groups in total. The first-order valence-corrected chi connectivity index (χ1v) is 8.02. The minimum atomic E-state index is -3.67. The second kappa shape index (κ2) is 5.53. The summed E-state index contributed by atoms with van der Waals surface area (Å²) in [6, 6.07) is 15.3. The largest absolute Gasteiger partial charge is 0.399 e. The van der Waals surface area contributed by atoms with Gasteiger partial charge in [-0.2, -0.15) is 5.10 Å². The van der Waals surface area contributed by atoms with Crippen LogP contribution in [0.2, 0.25) is 0 Å². The number of H-pyrrole nitrogens is 1. The van der Waals surface area contributed by atoms with Crippen molar-refractivity contribution in [2.75, 3.05) is 10.5 Å². The van der Waals surface area contributed by atoms with E-state index in [0.29, 0.717) is 17.1 Å². The van der Waals surface area contributed by atoms with Gasteiger partial charge in [-0.25, -0.2) is 8.42 Å². The van der Waals surface area contributed by atoms with E-state index in [9.17, 15) is 8.42 Å². The van der Waals surface area contributed by atoms with Crippen LogP contribution in [0.15, 0.2) is 65.7 Å². The summed E-state index contributed by atoms with van der Waals surface area (Å²) in [7, 11) is -3.67. The third kappa shape index (κ3) is 2.79. The first-order valence-electron chi connectivity index (χ1n) is 6.53. The number of aromatic amines is 1. The van der Waals surface area contributed by atoms with Crippen LogP contribution in [0.3, 0.4) is 0 Å². The normalized spacial score (nSPS) is 11.3. The van der Waals surface area contributed by atoms with Gasteiger partial charge in [-0.3, -0.25) is 9.82 Å². The fraction of sp³-hybridized carbons (Fsp3) is 0. The summed E-state index contributed by atoms with van der Waals surface area (Å²) < 4.78 is 27.2. The van der Waals surface area contributed by atoms with Gasteiger partial charge < -0.3 is 5.73 Å². The van der Waals surface area contributed by atoms with Crippen molar-refractivity contribution in [2.45, 2.75) is 4.90 Å². The summed E-state index contributed by atoms with van der Waals surface area (Å²) in [5.74, 6) is 0.314. The average Bonchev–Trinajstić information content (AvgIpc) is 2.96. The average molecular weight is 314 g/mol. The number of benzene rings is 2. The Morgan fingerprint density at radius 2 is 1.68 bits per heavy atom. The van der Waals surface area contributed by atoms with Gasteiger partial charge in [0.2, 0.25) is 0 Å². The first-order chi connectivity index (χ1) is 10.6. The fourth-order valence-corrected chi connectivity index (χ4v) is 3.10. The lowest BCUT2D eigenvalue weighted by molar-refractivity contribution is 0.601. The molecule has 1 aromatic heterocycles. The summed E-state index contributed by atoms with van der Waals surface area (Å²) in [6.45, 7) is 0. The molecule has 2 aromatic carbocycles. The van der Waals surface area contributed by atoms with E-state index in [-0.39, 0.29) is 4.90 Å². The zero-order valence-corrected chi connectivity index (χ0v) is 12.3. The number of sulfonamides is 1. The second-order valence-electron chi connectivity index (χ2n) is 4.70. The summed E-state index contributed by atoms with van der Waals surface area (Å²) in [4.78, 5) is 0.188. The molecule has 22 heavy (non-hydrogen) atoms. The fourth-order valence-electron chi connectivity index (χ4n) is 2.04. The number of nitrogens with two attached hydrogens (primary N) is 1. The predicted molar refractivity (Wildman–Crippen MR) is 85.7 cm³/mol. The van der Waals surface area contributed by atoms with Crippen molar-refractivity contribution >= 4 is 21.5 Å². The lowest BCUT2D eigenvalue weighted by Gasteiger charge is -2.08. The highest BCUT2D eigenvalue weighted by molar-refractivity contribution is 7.92. The van der Waals surface area contributed by atoms with E-state index in [1.165, 1.54) is 12.1 Å². The molecule has 0 bridgehead atoms. The molecular weight excluding hydrogens is 300 g/mol. The molecular formula is C15H14N4O2S. The van der Waals surface area contributed by atoms with E-state index in [4.69, 9.17) is 5.73 Å². The predicted octanol–water partition coefficient (Wildman–Crippen LogP) is 2.46. The van der Waals surface area contributed by atoms with Gasteiger partial charge in [0.05, 0.1) is 11.1 Å². The third-order valence-electron chi connectivity index (χ3n) is 3.15. The Hall–Kier alpha value is -2.80. The van der Waals surface area contributed by atoms with Crippen molar-refractivity contribution < 1.29 is 8.42 Å². The van der Waals surface area contributed by atoms with Crippen molar-refractivity contribution in [1.82, 2.24) is 10.2 Å². The molecule has 0 amide bonds. The maximum absolute atomic E-state index is 12.4. The van der Waals surface area contributed by atoms with Crippen LogP contribution in [-0.2, 0) is 10.0 Å². The van der Waals surface area contributed by atoms with Crippen LogP contribution in [0.5, 0.6) is 0 Å². The lowest BCUT2D eigenvalue weighted by Crippen LogP contribution is -2.13. The molecule has 0 saturated carbocycles. The molecule has 0 aliphatic heterocycles. The van der Waals surface area contributed by atoms with Crippen LogP contribution in [0.1, 0.15) is 0 Å². The summed E-state index contributed by atoms with van der Waals surface area (Å²) >= 11 is 0. The standard InChI is InChI=1S/C15H14N4O2S/c16-12-8-6-11(7-9-12)14-10-17-18-15(14)19-22(20,21)13-4-2-1-3-5-13/h1-10H,16H2,(H2,17,18,19). The molecule has 0 aliphatic rings. The molecule has 7 heteroatoms. The Morgan fingerprint density at radius 3 is 2.36 bits per heavy atom. The van der Waals surface area contributed by atoms with Gasteiger partial charge in [-0.15, -0.1) is 0 Å². The highest BCUT2D eigenvalue weighted by Crippen LogP contribution is 2.28. The van der Waals surface area contributed by atoms with E-state index >= 15 is 0 Å². The smallest absolute Gasteiger partial charge is 0.263 e. The SMILES string of the molecule is Nc1ccc(-c2cn[nH]c2NS(=O)(=O)c2ccccc2)cc1. The van der Waals surface area contributed by atoms with Gasteiger partial charge >= 0.3 is 0 Å². The van der Waals surface area contributed by atoms with Crippen LogP contribution in [-0.4, -0.2) is 18.6 Å². The monoisotopic (exact) mass is 314 g/mol. The van der Waals surface area contributed by atoms with Crippen molar-refractivity contribution in [3.63, 3.8) is 0 Å². The molecule has 0 spiro atoms. The van der Waals surface area contributed by atoms with Crippen molar-refractivity contribution in [3.8, 4) is 11.1 Å². The molecule has 0 atom stereocenters. The van der Waals surface area contributed by atoms with Gasteiger partial charge in [-0.1, -0.05) is 30.3 Å². The molecule has 1 heterocycles. The molecule has 3 aromatic rings. The van der Waals surface area contributed by atoms with Crippen LogP contribution in [0, 0.1) is 0 Å². The quantitative estimate of drug-likeness (QED) is 0.644. The van der Waals surface area contributed by atoms with Crippen LogP contribution >= 0.6 is 0 Å². The highest BCUT2D eigenvalue weighted by atomic mass is 32.2. The van der Waals surface area contributed by atoms with Gasteiger partial charge in [0.25, 0.3) is 10.0 Å². The van der Waals surface area contributed by atoms with Crippen LogP contribution in [0.4, 0.5) is 11.5 Å². The number of hydrogen-bond acceptors (Lipinski definition) is 4. The number of aromatic nitrogens is 2. The Bertz CT molecular complexity index is 871. The molecule has 6 nitrogen and oxygen atoms in total. The zero-order valence-electron chi connectivity index (χ0n) is 11.5. The summed E-state index contributed by atoms with van der Waals surface area (Å²) in [5.41, 5.74) is 7.76. The van der Waals surface area contributed by atoms with Crippen LogP contribution in [0.25, 0.3) is 11.1 Å². The number of nitrogen functional groups attached to an aromatic ring is 1. The van der Waals surface area contributed by atoms with Crippen molar-refractivity contribution in [3.05, 3.63) is 60.8 Å². The minimum Gasteiger partial charge on any atom is -0.399 e. The maximum Gasteiger partial charge on any atom is 0.263 e. The van der Waals surface area contributed by atoms with E-state index in [0.717, 1.165) is 5.56 Å². The molecule has 112 valence electrons. The topological polar surface area (TPSA) is 101 Å². The van der Waals surface area contributed by atoms with Gasteiger partial charge in [0, 0.05) is 11.3 Å². The summed E-state index contributed by atoms with van der Waals surface area (Å²) in [5, 5.41) is 6.59. The number of nitrogens with zero attached hydrogens (tertiary/aromatic N) is 1. The van der Waals surface area contributed by atoms with Crippen molar-refractivity contribution in [2.24, 2.45) is 0 Å². The number of anilines is 2. The number of hydrogen-bond donors (Lipinski definition) is 3. The van der Waals surface area contributed by atoms with Gasteiger partial charge in [-0.05, 0) is 29.8 Å². The van der Waals surface area contributed by atoms with Crippen LogP contribution < -0.4 is 10.5 Å². The second-order valence-corrected chi connectivity index (χ2v) is 6.38. The molecule has 0 unspecified atom stereocenters. The maximum atomic E-state index is 12.4. The Balaban J connectivity index is 1.95. The first kappa shape index (κ1) is 14.2. The van der Waals surface area contributed by atoms with E-state index < -0.39 is 10.0 Å². The summed E-state index contributed by atoms with van der Waals surface area (Å²) in [6.07, 6.45) is 1.56. The number of rotatable bonds is 4. The molecule has 0 saturated heterocycles. The van der Waals surface area contributed by atoms with E-state index in [1.807, 2.05) is 0 Å². The lowest BCUT2D eigenvalue weighted by atomic mass is 10.1. The zero-order chi connectivity index (χ0) is 15.6. The van der Waals surface area contributed by atoms with Gasteiger partial charge in [0.1, 0.15) is 5.82 Å². The van der Waals surface area contributed by atoms with Gasteiger partial charge in [0.15, 0.2) is 0 Å². The molecule has 3 rings (SSSR count). The Labute approximate surface area is 128 Å². The third-order valence-corrected chi connectivity index (χ3v) is 4.52. The minimum absolute atomic E-state index is 0.188. The molecule has 0 radical (unpaired) electrons. The van der Waals surface area contributed by atoms with E-state index in [2.05, 4.69) is 14.9 Å². The molecule has 0 aliphatic carbocycles. The van der Waals surface area contributed by atoms with Crippen molar-refractivity contribution in [1.29, 1.82) is 0 Å². The number of nitrogens with one attached hydrogen (secondary N) is 2. The Morgan fingerprint density at radius 1 is 1.00 bits per heavy atom. The Kier molecular flexibility index (Phi) is 3.56. The highest BCUT2D eigenvalue weighted by Gasteiger charge is 2.17. The molecule has 0 fully saturated rings.